The van der Waals surface area contributed by atoms with Crippen molar-refractivity contribution in [2.75, 3.05) is 0 Å². The molecule has 4 aliphatic rings. The van der Waals surface area contributed by atoms with Crippen molar-refractivity contribution in [1.29, 1.82) is 0 Å². The molecule has 0 saturated heterocycles. The largest absolute Gasteiger partial charge is 0.393 e. The molecule has 3 fully saturated rings. The summed E-state index contributed by atoms with van der Waals surface area (Å²) in [6.45, 7) is 16.8. The van der Waals surface area contributed by atoms with Gasteiger partial charge in [-0.15, -0.1) is 0 Å². The van der Waals surface area contributed by atoms with Crippen molar-refractivity contribution in [3.63, 3.8) is 0 Å². The molecule has 0 aromatic carbocycles. The number of fused-ring (bicyclic) bond motifs is 5. The predicted octanol–water partition coefficient (Wildman–Crippen LogP) is 7.79. The van der Waals surface area contributed by atoms with Crippen molar-refractivity contribution in [3.8, 4) is 0 Å². The first-order valence-electron chi connectivity index (χ1n) is 14.1. The second-order valence-electron chi connectivity index (χ2n) is 13.4. The Morgan fingerprint density at radius 3 is 2.41 bits per heavy atom. The molecule has 0 aliphatic heterocycles. The van der Waals surface area contributed by atoms with Crippen LogP contribution in [0.5, 0.6) is 0 Å². The molecule has 0 spiro atoms. The molecule has 4 aliphatic carbocycles. The van der Waals surface area contributed by atoms with E-state index in [9.17, 15) is 5.11 Å². The van der Waals surface area contributed by atoms with E-state index in [-0.39, 0.29) is 6.10 Å². The van der Waals surface area contributed by atoms with Crippen LogP contribution in [0.2, 0.25) is 0 Å². The van der Waals surface area contributed by atoms with E-state index in [1.54, 1.807) is 5.57 Å². The standard InChI is InChI=1S/C30H52O2/c1-19(2)28(32-20(3)4)13-8-21(5)25-11-12-26-24-10-9-22-18-23(31)14-16-29(22,6)27(24)15-17-30(25,26)7/h9,19-21,23-28,31H,8,10-18H2,1-7H3/t21-,23+,24+,25-,26+,27+,28+,29+,30-/m1/s1. The van der Waals surface area contributed by atoms with E-state index >= 15 is 0 Å². The lowest BCUT2D eigenvalue weighted by Crippen LogP contribution is -2.50. The molecule has 2 heteroatoms. The highest BCUT2D eigenvalue weighted by Gasteiger charge is 2.59. The van der Waals surface area contributed by atoms with Gasteiger partial charge in [0.05, 0.1) is 18.3 Å². The van der Waals surface area contributed by atoms with Crippen LogP contribution in [0.4, 0.5) is 0 Å². The number of aliphatic hydroxyl groups excluding tert-OH is 1. The Kier molecular flexibility index (Phi) is 7.25. The van der Waals surface area contributed by atoms with Gasteiger partial charge in [0.25, 0.3) is 0 Å². The molecule has 0 amide bonds. The minimum atomic E-state index is -0.0919. The van der Waals surface area contributed by atoms with Crippen molar-refractivity contribution < 1.29 is 9.84 Å². The zero-order chi connectivity index (χ0) is 23.3. The summed E-state index contributed by atoms with van der Waals surface area (Å²) in [5.41, 5.74) is 2.50. The molecule has 0 unspecified atom stereocenters. The lowest BCUT2D eigenvalue weighted by atomic mass is 9.47. The zero-order valence-electron chi connectivity index (χ0n) is 22.2. The van der Waals surface area contributed by atoms with Gasteiger partial charge in [0.1, 0.15) is 0 Å². The lowest BCUT2D eigenvalue weighted by molar-refractivity contribution is -0.0603. The maximum atomic E-state index is 10.3. The molecule has 3 saturated carbocycles. The first-order valence-corrected chi connectivity index (χ1v) is 14.1. The minimum Gasteiger partial charge on any atom is -0.393 e. The summed E-state index contributed by atoms with van der Waals surface area (Å²) in [7, 11) is 0. The van der Waals surface area contributed by atoms with Gasteiger partial charge in [-0.25, -0.2) is 0 Å². The third-order valence-corrected chi connectivity index (χ3v) is 10.9. The molecule has 0 radical (unpaired) electrons. The Balaban J connectivity index is 1.45. The smallest absolute Gasteiger partial charge is 0.0601 e. The fraction of sp³-hybridized carbons (Fsp3) is 0.933. The molecule has 0 aromatic heterocycles. The van der Waals surface area contributed by atoms with Crippen molar-refractivity contribution in [3.05, 3.63) is 11.6 Å². The Morgan fingerprint density at radius 1 is 0.969 bits per heavy atom. The van der Waals surface area contributed by atoms with E-state index in [0.29, 0.717) is 29.0 Å². The second-order valence-corrected chi connectivity index (χ2v) is 13.4. The van der Waals surface area contributed by atoms with E-state index in [2.05, 4.69) is 54.5 Å². The van der Waals surface area contributed by atoms with Crippen molar-refractivity contribution >= 4 is 0 Å². The maximum Gasteiger partial charge on any atom is 0.0601 e. The minimum absolute atomic E-state index is 0.0919. The molecule has 0 aromatic rings. The fourth-order valence-corrected chi connectivity index (χ4v) is 9.15. The highest BCUT2D eigenvalue weighted by atomic mass is 16.5. The van der Waals surface area contributed by atoms with Crippen LogP contribution in [0.3, 0.4) is 0 Å². The van der Waals surface area contributed by atoms with Crippen molar-refractivity contribution in [1.82, 2.24) is 0 Å². The number of allylic oxidation sites excluding steroid dienone is 1. The van der Waals surface area contributed by atoms with Gasteiger partial charge < -0.3 is 9.84 Å². The molecule has 32 heavy (non-hydrogen) atoms. The molecule has 9 atom stereocenters. The van der Waals surface area contributed by atoms with E-state index in [4.69, 9.17) is 4.74 Å². The Bertz CT molecular complexity index is 680. The molecular formula is C30H52O2. The third-order valence-electron chi connectivity index (χ3n) is 10.9. The Hall–Kier alpha value is -0.340. The molecule has 4 rings (SSSR count). The van der Waals surface area contributed by atoms with Crippen molar-refractivity contribution in [2.45, 2.75) is 131 Å². The van der Waals surface area contributed by atoms with Gasteiger partial charge in [-0.3, -0.25) is 0 Å². The van der Waals surface area contributed by atoms with E-state index in [1.165, 1.54) is 51.4 Å². The van der Waals surface area contributed by atoms with Crippen molar-refractivity contribution in [2.24, 2.45) is 46.3 Å². The average molecular weight is 445 g/mol. The first-order chi connectivity index (χ1) is 15.1. The summed E-state index contributed by atoms with van der Waals surface area (Å²) in [6, 6.07) is 0. The highest BCUT2D eigenvalue weighted by Crippen LogP contribution is 2.67. The van der Waals surface area contributed by atoms with Gasteiger partial charge in [-0.05, 0) is 124 Å². The van der Waals surface area contributed by atoms with E-state index < -0.39 is 0 Å². The van der Waals surface area contributed by atoms with Crippen LogP contribution in [0.25, 0.3) is 0 Å². The second kappa shape index (κ2) is 9.37. The topological polar surface area (TPSA) is 29.5 Å². The molecule has 2 nitrogen and oxygen atoms in total. The molecule has 0 heterocycles. The van der Waals surface area contributed by atoms with Crippen LogP contribution >= 0.6 is 0 Å². The zero-order valence-corrected chi connectivity index (χ0v) is 22.2. The Morgan fingerprint density at radius 2 is 1.72 bits per heavy atom. The normalized spacial score (nSPS) is 43.4. The fourth-order valence-electron chi connectivity index (χ4n) is 9.15. The Labute approximate surface area is 199 Å². The number of aliphatic hydroxyl groups is 1. The molecule has 1 N–H and O–H groups in total. The van der Waals surface area contributed by atoms with Crippen LogP contribution in [0.1, 0.15) is 113 Å². The molecule has 0 bridgehead atoms. The number of rotatable bonds is 7. The van der Waals surface area contributed by atoms with Crippen LogP contribution in [0.15, 0.2) is 11.6 Å². The summed E-state index contributed by atoms with van der Waals surface area (Å²) < 4.78 is 6.27. The van der Waals surface area contributed by atoms with E-state index in [0.717, 1.165) is 42.4 Å². The van der Waals surface area contributed by atoms with Gasteiger partial charge in [-0.2, -0.15) is 0 Å². The van der Waals surface area contributed by atoms with Gasteiger partial charge in [-0.1, -0.05) is 46.3 Å². The monoisotopic (exact) mass is 444 g/mol. The van der Waals surface area contributed by atoms with Crippen LogP contribution in [-0.4, -0.2) is 23.4 Å². The summed E-state index contributed by atoms with van der Waals surface area (Å²) >= 11 is 0. The highest BCUT2D eigenvalue weighted by molar-refractivity contribution is 5.25. The predicted molar refractivity (Wildman–Crippen MR) is 134 cm³/mol. The van der Waals surface area contributed by atoms with Gasteiger partial charge in [0.2, 0.25) is 0 Å². The van der Waals surface area contributed by atoms with Crippen LogP contribution in [0, 0.1) is 46.3 Å². The number of ether oxygens (including phenoxy) is 1. The number of hydrogen-bond acceptors (Lipinski definition) is 2. The summed E-state index contributed by atoms with van der Waals surface area (Å²) in [5, 5.41) is 10.3. The first kappa shape index (κ1) is 24.8. The van der Waals surface area contributed by atoms with Gasteiger partial charge >= 0.3 is 0 Å². The molecule has 184 valence electrons. The average Bonchev–Trinajstić information content (AvgIpc) is 3.08. The van der Waals surface area contributed by atoms with Gasteiger partial charge in [0.15, 0.2) is 0 Å². The van der Waals surface area contributed by atoms with Gasteiger partial charge in [0, 0.05) is 0 Å². The van der Waals surface area contributed by atoms with Crippen LogP contribution in [-0.2, 0) is 4.74 Å². The van der Waals surface area contributed by atoms with E-state index in [1.807, 2.05) is 0 Å². The maximum absolute atomic E-state index is 10.3. The summed E-state index contributed by atoms with van der Waals surface area (Å²) in [6.07, 6.45) is 15.9. The SMILES string of the molecule is CC(C)O[C@@H](CC[C@@H](C)[C@H]1CC[C@H]2[C@@H]3CC=C4C[C@@H](O)CC[C@]4(C)[C@H]3CC[C@]12C)C(C)C. The quantitative estimate of drug-likeness (QED) is 0.406. The molecular weight excluding hydrogens is 392 g/mol. The number of hydrogen-bond donors (Lipinski definition) is 1. The summed E-state index contributed by atoms with van der Waals surface area (Å²) in [4.78, 5) is 0. The van der Waals surface area contributed by atoms with Crippen LogP contribution < -0.4 is 0 Å². The lowest BCUT2D eigenvalue weighted by Gasteiger charge is -2.58. The third kappa shape index (κ3) is 4.37. The summed E-state index contributed by atoms with van der Waals surface area (Å²) in [5.74, 6) is 4.92.